The molecule has 0 aliphatic carbocycles. The summed E-state index contributed by atoms with van der Waals surface area (Å²) in [6.45, 7) is 0. The quantitative estimate of drug-likeness (QED) is 0.345. The minimum Gasteiger partial charge on any atom is -0.334 e. The monoisotopic (exact) mass is 431 g/mol. The number of carbonyl (C=O) groups is 1. The highest BCUT2D eigenvalue weighted by atomic mass is 16.5. The molecule has 5 nitrogen and oxygen atoms in total. The second-order valence-corrected chi connectivity index (χ2v) is 7.62. The van der Waals surface area contributed by atoms with Crippen molar-refractivity contribution in [2.24, 2.45) is 0 Å². The van der Waals surface area contributed by atoms with Gasteiger partial charge in [0.05, 0.1) is 11.3 Å². The molecule has 5 aromatic rings. The molecule has 0 radical (unpaired) electrons. The first-order valence-corrected chi connectivity index (χ1v) is 10.7. The molecule has 33 heavy (non-hydrogen) atoms. The minimum absolute atomic E-state index is 0.203. The van der Waals surface area contributed by atoms with E-state index in [0.717, 1.165) is 16.7 Å². The van der Waals surface area contributed by atoms with Gasteiger partial charge in [-0.2, -0.15) is 4.98 Å². The van der Waals surface area contributed by atoms with Crippen molar-refractivity contribution in [2.45, 2.75) is 6.42 Å². The second-order valence-electron chi connectivity index (χ2n) is 7.62. The Hall–Kier alpha value is -4.51. The Morgan fingerprint density at radius 1 is 0.727 bits per heavy atom. The number of anilines is 1. The molecule has 0 spiro atoms. The van der Waals surface area contributed by atoms with Crippen LogP contribution >= 0.6 is 0 Å². The van der Waals surface area contributed by atoms with E-state index in [-0.39, 0.29) is 5.91 Å². The Labute approximate surface area is 191 Å². The fraction of sp³-hybridized carbons (Fsp3) is 0.0357. The number of hydrogen-bond acceptors (Lipinski definition) is 4. The summed E-state index contributed by atoms with van der Waals surface area (Å²) in [6.07, 6.45) is 0.576. The van der Waals surface area contributed by atoms with Crippen molar-refractivity contribution in [1.29, 1.82) is 0 Å². The molecule has 4 aromatic carbocycles. The van der Waals surface area contributed by atoms with Crippen LogP contribution in [-0.4, -0.2) is 16.0 Å². The molecule has 0 fully saturated rings. The van der Waals surface area contributed by atoms with Gasteiger partial charge in [0, 0.05) is 12.0 Å². The summed E-state index contributed by atoms with van der Waals surface area (Å²) < 4.78 is 5.50. The average molecular weight is 431 g/mol. The van der Waals surface area contributed by atoms with Crippen LogP contribution in [0.5, 0.6) is 0 Å². The van der Waals surface area contributed by atoms with Crippen LogP contribution < -0.4 is 5.32 Å². The number of benzene rings is 4. The molecule has 1 heterocycles. The molecule has 0 aliphatic rings. The molecule has 1 N–H and O–H groups in total. The van der Waals surface area contributed by atoms with Crippen molar-refractivity contribution >= 4 is 11.6 Å². The average Bonchev–Trinajstić information content (AvgIpc) is 3.34. The van der Waals surface area contributed by atoms with Crippen LogP contribution in [0.1, 0.15) is 21.7 Å². The number of aromatic nitrogens is 2. The number of nitrogens with one attached hydrogen (secondary N) is 1. The largest absolute Gasteiger partial charge is 0.334 e. The van der Waals surface area contributed by atoms with Gasteiger partial charge in [-0.05, 0) is 41.0 Å². The molecular weight excluding hydrogens is 410 g/mol. The SMILES string of the molecule is O=C(Nc1ccccc1-c1nc(Cc2ccccc2)no1)c1ccc(-c2ccccc2)cc1. The maximum Gasteiger partial charge on any atom is 0.260 e. The molecule has 0 aliphatic heterocycles. The Balaban J connectivity index is 1.34. The Bertz CT molecular complexity index is 1360. The van der Waals surface area contributed by atoms with E-state index in [0.29, 0.717) is 35.0 Å². The third-order valence-electron chi connectivity index (χ3n) is 5.33. The van der Waals surface area contributed by atoms with Gasteiger partial charge in [0.15, 0.2) is 5.82 Å². The summed E-state index contributed by atoms with van der Waals surface area (Å²) in [5.41, 5.74) is 5.13. The molecule has 0 saturated carbocycles. The molecule has 5 rings (SSSR count). The van der Waals surface area contributed by atoms with Gasteiger partial charge in [0.1, 0.15) is 0 Å². The van der Waals surface area contributed by atoms with Crippen LogP contribution in [0.2, 0.25) is 0 Å². The topological polar surface area (TPSA) is 68.0 Å². The fourth-order valence-corrected chi connectivity index (χ4v) is 3.63. The molecule has 0 bridgehead atoms. The van der Waals surface area contributed by atoms with E-state index < -0.39 is 0 Å². The first-order chi connectivity index (χ1) is 16.3. The van der Waals surface area contributed by atoms with Crippen LogP contribution in [0.3, 0.4) is 0 Å². The minimum atomic E-state index is -0.203. The first kappa shape index (κ1) is 20.4. The normalized spacial score (nSPS) is 10.7. The summed E-state index contributed by atoms with van der Waals surface area (Å²) in [6, 6.07) is 35.0. The summed E-state index contributed by atoms with van der Waals surface area (Å²) in [5, 5.41) is 7.08. The summed E-state index contributed by atoms with van der Waals surface area (Å²) >= 11 is 0. The van der Waals surface area contributed by atoms with E-state index in [1.165, 1.54) is 0 Å². The predicted octanol–water partition coefficient (Wildman–Crippen LogP) is 6.25. The van der Waals surface area contributed by atoms with E-state index in [1.54, 1.807) is 0 Å². The number of nitrogens with zero attached hydrogens (tertiary/aromatic N) is 2. The molecule has 0 atom stereocenters. The number of rotatable bonds is 6. The van der Waals surface area contributed by atoms with E-state index in [1.807, 2.05) is 109 Å². The Kier molecular flexibility index (Phi) is 5.76. The van der Waals surface area contributed by atoms with E-state index in [2.05, 4.69) is 15.5 Å². The van der Waals surface area contributed by atoms with E-state index >= 15 is 0 Å². The van der Waals surface area contributed by atoms with Crippen molar-refractivity contribution in [1.82, 2.24) is 10.1 Å². The maximum absolute atomic E-state index is 12.9. The molecule has 1 amide bonds. The van der Waals surface area contributed by atoms with Gasteiger partial charge in [-0.15, -0.1) is 0 Å². The van der Waals surface area contributed by atoms with Crippen LogP contribution in [0.4, 0.5) is 5.69 Å². The van der Waals surface area contributed by atoms with Crippen molar-refractivity contribution in [3.63, 3.8) is 0 Å². The lowest BCUT2D eigenvalue weighted by Gasteiger charge is -2.09. The highest BCUT2D eigenvalue weighted by Crippen LogP contribution is 2.27. The number of hydrogen-bond donors (Lipinski definition) is 1. The smallest absolute Gasteiger partial charge is 0.260 e. The molecular formula is C28H21N3O2. The Morgan fingerprint density at radius 3 is 2.12 bits per heavy atom. The third-order valence-corrected chi connectivity index (χ3v) is 5.33. The highest BCUT2D eigenvalue weighted by molar-refractivity contribution is 6.06. The zero-order valence-corrected chi connectivity index (χ0v) is 17.8. The van der Waals surface area contributed by atoms with Gasteiger partial charge in [0.25, 0.3) is 11.8 Å². The van der Waals surface area contributed by atoms with E-state index in [9.17, 15) is 4.79 Å². The van der Waals surface area contributed by atoms with Crippen LogP contribution in [-0.2, 0) is 6.42 Å². The summed E-state index contributed by atoms with van der Waals surface area (Å²) in [5.74, 6) is 0.760. The Morgan fingerprint density at radius 2 is 1.36 bits per heavy atom. The lowest BCUT2D eigenvalue weighted by atomic mass is 10.0. The lowest BCUT2D eigenvalue weighted by Crippen LogP contribution is -2.12. The maximum atomic E-state index is 12.9. The van der Waals surface area contributed by atoms with Crippen molar-refractivity contribution in [3.8, 4) is 22.6 Å². The zero-order chi connectivity index (χ0) is 22.5. The molecule has 0 saturated heterocycles. The van der Waals surface area contributed by atoms with Gasteiger partial charge in [0.2, 0.25) is 0 Å². The zero-order valence-electron chi connectivity index (χ0n) is 17.8. The molecule has 5 heteroatoms. The molecule has 1 aromatic heterocycles. The standard InChI is InChI=1S/C28H21N3O2/c32-27(23-17-15-22(16-18-23)21-11-5-2-6-12-21)29-25-14-8-7-13-24(25)28-30-26(31-33-28)19-20-9-3-1-4-10-20/h1-18H,19H2,(H,29,32). The van der Waals surface area contributed by atoms with Gasteiger partial charge in [-0.25, -0.2) is 0 Å². The van der Waals surface area contributed by atoms with E-state index in [4.69, 9.17) is 4.52 Å². The van der Waals surface area contributed by atoms with Crippen LogP contribution in [0.15, 0.2) is 114 Å². The number of amides is 1. The van der Waals surface area contributed by atoms with Crippen molar-refractivity contribution in [2.75, 3.05) is 5.32 Å². The number of para-hydroxylation sites is 1. The van der Waals surface area contributed by atoms with Gasteiger partial charge in [-0.1, -0.05) is 90.1 Å². The fourth-order valence-electron chi connectivity index (χ4n) is 3.63. The summed E-state index contributed by atoms with van der Waals surface area (Å²) in [4.78, 5) is 17.4. The van der Waals surface area contributed by atoms with Crippen molar-refractivity contribution < 1.29 is 9.32 Å². The predicted molar refractivity (Wildman–Crippen MR) is 129 cm³/mol. The number of carbonyl (C=O) groups excluding carboxylic acids is 1. The summed E-state index contributed by atoms with van der Waals surface area (Å²) in [7, 11) is 0. The third kappa shape index (κ3) is 4.72. The molecule has 0 unspecified atom stereocenters. The first-order valence-electron chi connectivity index (χ1n) is 10.7. The second kappa shape index (κ2) is 9.32. The van der Waals surface area contributed by atoms with Crippen molar-refractivity contribution in [3.05, 3.63) is 126 Å². The van der Waals surface area contributed by atoms with Crippen LogP contribution in [0, 0.1) is 0 Å². The van der Waals surface area contributed by atoms with Gasteiger partial charge < -0.3 is 9.84 Å². The van der Waals surface area contributed by atoms with Gasteiger partial charge >= 0.3 is 0 Å². The van der Waals surface area contributed by atoms with Gasteiger partial charge in [-0.3, -0.25) is 4.79 Å². The highest BCUT2D eigenvalue weighted by Gasteiger charge is 2.15. The molecule has 160 valence electrons. The lowest BCUT2D eigenvalue weighted by molar-refractivity contribution is 0.102. The van der Waals surface area contributed by atoms with Crippen LogP contribution in [0.25, 0.3) is 22.6 Å².